The predicted molar refractivity (Wildman–Crippen MR) is 46.3 cm³/mol. The van der Waals surface area contributed by atoms with Crippen LogP contribution in [0, 0.1) is 17.7 Å². The molecule has 2 nitrogen and oxygen atoms in total. The maximum Gasteiger partial charge on any atom is 0.144 e. The van der Waals surface area contributed by atoms with Crippen LogP contribution in [0.1, 0.15) is 11.1 Å². The van der Waals surface area contributed by atoms with Gasteiger partial charge in [-0.1, -0.05) is 24.0 Å². The zero-order valence-electron chi connectivity index (χ0n) is 6.92. The summed E-state index contributed by atoms with van der Waals surface area (Å²) >= 11 is 0. The Bertz CT molecular complexity index is 350. The molecule has 1 aromatic carbocycles. The van der Waals surface area contributed by atoms with E-state index in [1.165, 1.54) is 12.1 Å². The van der Waals surface area contributed by atoms with E-state index in [-0.39, 0.29) is 24.3 Å². The van der Waals surface area contributed by atoms with Crippen molar-refractivity contribution < 1.29 is 14.6 Å². The molecule has 0 fully saturated rings. The van der Waals surface area contributed by atoms with Gasteiger partial charge in [0, 0.05) is 5.56 Å². The standard InChI is InChI=1S/C10H9FO2/c11-10-8(5-2-6-12)3-1-4-9(10)7-13/h1,3-4,12-13H,6-7H2. The van der Waals surface area contributed by atoms with Gasteiger partial charge in [-0.2, -0.15) is 0 Å². The summed E-state index contributed by atoms with van der Waals surface area (Å²) in [5.74, 6) is 4.27. The topological polar surface area (TPSA) is 40.5 Å². The second kappa shape index (κ2) is 4.61. The number of aliphatic hydroxyl groups excluding tert-OH is 2. The third kappa shape index (κ3) is 2.28. The second-order valence-electron chi connectivity index (χ2n) is 2.40. The van der Waals surface area contributed by atoms with E-state index in [0.717, 1.165) is 0 Å². The highest BCUT2D eigenvalue weighted by Gasteiger charge is 2.03. The van der Waals surface area contributed by atoms with Crippen molar-refractivity contribution in [1.29, 1.82) is 0 Å². The van der Waals surface area contributed by atoms with E-state index in [1.807, 2.05) is 0 Å². The van der Waals surface area contributed by atoms with Gasteiger partial charge in [0.15, 0.2) is 0 Å². The SMILES string of the molecule is OCC#Cc1cccc(CO)c1F. The Hall–Kier alpha value is -1.37. The van der Waals surface area contributed by atoms with E-state index in [4.69, 9.17) is 10.2 Å². The molecule has 0 radical (unpaired) electrons. The third-order valence-corrected chi connectivity index (χ3v) is 1.55. The van der Waals surface area contributed by atoms with Crippen molar-refractivity contribution in [2.24, 2.45) is 0 Å². The molecule has 68 valence electrons. The van der Waals surface area contributed by atoms with Gasteiger partial charge in [-0.05, 0) is 6.07 Å². The first-order valence-corrected chi connectivity index (χ1v) is 3.77. The average Bonchev–Trinajstić information content (AvgIpc) is 2.16. The first-order valence-electron chi connectivity index (χ1n) is 3.77. The zero-order valence-corrected chi connectivity index (χ0v) is 6.92. The van der Waals surface area contributed by atoms with Gasteiger partial charge in [0.2, 0.25) is 0 Å². The minimum atomic E-state index is -0.522. The van der Waals surface area contributed by atoms with Crippen LogP contribution >= 0.6 is 0 Å². The highest BCUT2D eigenvalue weighted by molar-refractivity contribution is 5.38. The molecule has 1 rings (SSSR count). The fourth-order valence-electron chi connectivity index (χ4n) is 0.933. The van der Waals surface area contributed by atoms with Crippen molar-refractivity contribution in [3.63, 3.8) is 0 Å². The molecular weight excluding hydrogens is 171 g/mol. The fourth-order valence-corrected chi connectivity index (χ4v) is 0.933. The van der Waals surface area contributed by atoms with Crippen LogP contribution in [0.15, 0.2) is 18.2 Å². The van der Waals surface area contributed by atoms with Crippen molar-refractivity contribution in [3.8, 4) is 11.8 Å². The molecule has 0 saturated heterocycles. The molecule has 0 bridgehead atoms. The van der Waals surface area contributed by atoms with Gasteiger partial charge in [-0.15, -0.1) is 0 Å². The summed E-state index contributed by atoms with van der Waals surface area (Å²) in [6.07, 6.45) is 0. The van der Waals surface area contributed by atoms with Crippen LogP contribution in [0.3, 0.4) is 0 Å². The third-order valence-electron chi connectivity index (χ3n) is 1.55. The van der Waals surface area contributed by atoms with E-state index < -0.39 is 5.82 Å². The van der Waals surface area contributed by atoms with Crippen molar-refractivity contribution >= 4 is 0 Å². The van der Waals surface area contributed by atoms with Gasteiger partial charge in [0.05, 0.1) is 12.2 Å². The van der Waals surface area contributed by atoms with Crippen molar-refractivity contribution in [2.75, 3.05) is 6.61 Å². The molecule has 0 unspecified atom stereocenters. The molecule has 0 spiro atoms. The van der Waals surface area contributed by atoms with Crippen molar-refractivity contribution in [1.82, 2.24) is 0 Å². The number of halogens is 1. The summed E-state index contributed by atoms with van der Waals surface area (Å²) in [5, 5.41) is 17.1. The van der Waals surface area contributed by atoms with E-state index in [1.54, 1.807) is 6.07 Å². The number of aliphatic hydroxyl groups is 2. The van der Waals surface area contributed by atoms with Crippen molar-refractivity contribution in [2.45, 2.75) is 6.61 Å². The Balaban J connectivity index is 3.08. The maximum atomic E-state index is 13.3. The van der Waals surface area contributed by atoms with E-state index in [9.17, 15) is 4.39 Å². The molecule has 0 amide bonds. The number of rotatable bonds is 1. The average molecular weight is 180 g/mol. The predicted octanol–water partition coefficient (Wildman–Crippen LogP) is 0.662. The summed E-state index contributed by atoms with van der Waals surface area (Å²) in [4.78, 5) is 0. The van der Waals surface area contributed by atoms with Crippen LogP contribution in [-0.4, -0.2) is 16.8 Å². The molecule has 0 aromatic heterocycles. The number of hydrogen-bond acceptors (Lipinski definition) is 2. The highest BCUT2D eigenvalue weighted by Crippen LogP contribution is 2.11. The lowest BCUT2D eigenvalue weighted by Gasteiger charge is -1.99. The van der Waals surface area contributed by atoms with E-state index in [0.29, 0.717) is 0 Å². The minimum Gasteiger partial charge on any atom is -0.392 e. The van der Waals surface area contributed by atoms with E-state index in [2.05, 4.69) is 11.8 Å². The molecule has 0 aliphatic heterocycles. The Kier molecular flexibility index (Phi) is 3.44. The lowest BCUT2D eigenvalue weighted by Crippen LogP contribution is -1.93. The molecule has 0 atom stereocenters. The smallest absolute Gasteiger partial charge is 0.144 e. The van der Waals surface area contributed by atoms with Gasteiger partial charge < -0.3 is 10.2 Å². The van der Waals surface area contributed by atoms with Gasteiger partial charge in [-0.25, -0.2) is 4.39 Å². The molecule has 1 aromatic rings. The van der Waals surface area contributed by atoms with Crippen LogP contribution in [0.5, 0.6) is 0 Å². The van der Waals surface area contributed by atoms with Gasteiger partial charge in [-0.3, -0.25) is 0 Å². The number of hydrogen-bond donors (Lipinski definition) is 2. The van der Waals surface area contributed by atoms with Crippen molar-refractivity contribution in [3.05, 3.63) is 35.1 Å². The molecule has 3 heteroatoms. The Labute approximate surface area is 75.6 Å². The van der Waals surface area contributed by atoms with Gasteiger partial charge >= 0.3 is 0 Å². The summed E-state index contributed by atoms with van der Waals surface area (Å²) in [5.41, 5.74) is 0.408. The fraction of sp³-hybridized carbons (Fsp3) is 0.200. The van der Waals surface area contributed by atoms with Crippen LogP contribution < -0.4 is 0 Å². The van der Waals surface area contributed by atoms with Gasteiger partial charge in [0.25, 0.3) is 0 Å². The molecule has 0 aliphatic carbocycles. The van der Waals surface area contributed by atoms with Crippen LogP contribution in [-0.2, 0) is 6.61 Å². The monoisotopic (exact) mass is 180 g/mol. The lowest BCUT2D eigenvalue weighted by atomic mass is 10.1. The Morgan fingerprint density at radius 1 is 1.31 bits per heavy atom. The van der Waals surface area contributed by atoms with Crippen LogP contribution in [0.25, 0.3) is 0 Å². The molecule has 0 saturated carbocycles. The maximum absolute atomic E-state index is 13.3. The zero-order chi connectivity index (χ0) is 9.68. The molecule has 0 heterocycles. The molecule has 2 N–H and O–H groups in total. The van der Waals surface area contributed by atoms with E-state index >= 15 is 0 Å². The normalized spacial score (nSPS) is 9.15. The quantitative estimate of drug-likeness (QED) is 0.623. The molecular formula is C10H9FO2. The first-order chi connectivity index (χ1) is 6.29. The lowest BCUT2D eigenvalue weighted by molar-refractivity contribution is 0.275. The van der Waals surface area contributed by atoms with Gasteiger partial charge in [0.1, 0.15) is 12.4 Å². The first kappa shape index (κ1) is 9.72. The summed E-state index contributed by atoms with van der Waals surface area (Å²) in [6.45, 7) is -0.650. The summed E-state index contributed by atoms with van der Waals surface area (Å²) in [6, 6.07) is 4.59. The summed E-state index contributed by atoms with van der Waals surface area (Å²) in [7, 11) is 0. The highest BCUT2D eigenvalue weighted by atomic mass is 19.1. The van der Waals surface area contributed by atoms with Crippen LogP contribution in [0.2, 0.25) is 0 Å². The molecule has 13 heavy (non-hydrogen) atoms. The largest absolute Gasteiger partial charge is 0.392 e. The molecule has 0 aliphatic rings. The second-order valence-corrected chi connectivity index (χ2v) is 2.40. The minimum absolute atomic E-state index is 0.195. The summed E-state index contributed by atoms with van der Waals surface area (Å²) < 4.78 is 13.3. The number of benzene rings is 1. The van der Waals surface area contributed by atoms with Crippen LogP contribution in [0.4, 0.5) is 4.39 Å². The Morgan fingerprint density at radius 3 is 2.69 bits per heavy atom. The Morgan fingerprint density at radius 2 is 2.08 bits per heavy atom.